The van der Waals surface area contributed by atoms with Gasteiger partial charge in [-0.25, -0.2) is 0 Å². The predicted molar refractivity (Wildman–Crippen MR) is 159 cm³/mol. The number of benzene rings is 1. The van der Waals surface area contributed by atoms with Crippen molar-refractivity contribution in [2.75, 3.05) is 19.8 Å². The van der Waals surface area contributed by atoms with Gasteiger partial charge in [-0.05, 0) is 79.7 Å². The number of hydrogen-bond donors (Lipinski definition) is 1. The molecule has 1 aromatic carbocycles. The summed E-state index contributed by atoms with van der Waals surface area (Å²) in [6, 6.07) is 4.28. The molecule has 0 saturated heterocycles. The van der Waals surface area contributed by atoms with Gasteiger partial charge in [-0.2, -0.15) is 0 Å². The van der Waals surface area contributed by atoms with Gasteiger partial charge in [-0.15, -0.1) is 0 Å². The molecule has 0 aliphatic heterocycles. The number of hydrogen-bond acceptors (Lipinski definition) is 11. The summed E-state index contributed by atoms with van der Waals surface area (Å²) in [5, 5.41) is 0. The van der Waals surface area contributed by atoms with Gasteiger partial charge in [-0.1, -0.05) is 71.8 Å². The summed E-state index contributed by atoms with van der Waals surface area (Å²) in [5.41, 5.74) is 4.40. The summed E-state index contributed by atoms with van der Waals surface area (Å²) in [7, 11) is 0. The highest BCUT2D eigenvalue weighted by molar-refractivity contribution is 8.31. The largest absolute Gasteiger partial charge is 0.479 e. The zero-order valence-corrected chi connectivity index (χ0v) is 24.7. The summed E-state index contributed by atoms with van der Waals surface area (Å²) in [6.45, 7) is 7.35. The Labute approximate surface area is 229 Å². The first-order valence-electron chi connectivity index (χ1n) is 9.68. The number of thiocarbonyl (C=S) groups is 3. The lowest BCUT2D eigenvalue weighted by atomic mass is 10.0. The number of carbonyl (C=O) groups is 1. The van der Waals surface area contributed by atoms with Gasteiger partial charge in [-0.3, -0.25) is 4.79 Å². The van der Waals surface area contributed by atoms with Crippen molar-refractivity contribution in [2.45, 2.75) is 43.8 Å². The fourth-order valence-electron chi connectivity index (χ4n) is 2.36. The maximum atomic E-state index is 11.5. The van der Waals surface area contributed by atoms with Crippen molar-refractivity contribution in [3.05, 3.63) is 34.4 Å². The van der Waals surface area contributed by atoms with Crippen LogP contribution in [0.2, 0.25) is 0 Å². The van der Waals surface area contributed by atoms with E-state index in [0.717, 1.165) is 34.0 Å². The number of ether oxygens (including phenoxy) is 3. The van der Waals surface area contributed by atoms with E-state index in [4.69, 9.17) is 50.9 Å². The molecule has 0 amide bonds. The first kappa shape index (κ1) is 30.3. The van der Waals surface area contributed by atoms with Crippen molar-refractivity contribution >= 4 is 114 Å². The van der Waals surface area contributed by atoms with Crippen molar-refractivity contribution in [3.8, 4) is 0 Å². The second-order valence-electron chi connectivity index (χ2n) is 5.86. The molecule has 32 heavy (non-hydrogen) atoms. The number of thioether (sulfide) groups is 4. The van der Waals surface area contributed by atoms with E-state index in [2.05, 4.69) is 24.8 Å². The highest BCUT2D eigenvalue weighted by Gasteiger charge is 2.15. The fourth-order valence-corrected chi connectivity index (χ4v) is 6.21. The molecule has 0 heterocycles. The lowest BCUT2D eigenvalue weighted by molar-refractivity contribution is 0.277. The average molecular weight is 587 g/mol. The smallest absolute Gasteiger partial charge is 0.243 e. The Hall–Kier alpha value is 0.310. The number of carbonyl (C=O) groups excluding carboxylic acids is 1. The minimum atomic E-state index is -0.219. The van der Waals surface area contributed by atoms with Crippen LogP contribution < -0.4 is 0 Å². The third-order valence-electron chi connectivity index (χ3n) is 3.70. The summed E-state index contributed by atoms with van der Waals surface area (Å²) >= 11 is 25.3. The van der Waals surface area contributed by atoms with E-state index in [-0.39, 0.29) is 4.45 Å². The first-order valence-corrected chi connectivity index (χ1v) is 15.3. The maximum absolute atomic E-state index is 11.5. The SMILES string of the molecule is CCOC(=S)SCc1cc(CSC(=S)OCC)c(CSC(=S)OCC)cc1CSC(=O)S. The van der Waals surface area contributed by atoms with Crippen LogP contribution in [0.3, 0.4) is 0 Å². The number of thiol groups is 1. The zero-order chi connectivity index (χ0) is 23.9. The highest BCUT2D eigenvalue weighted by Crippen LogP contribution is 2.31. The normalized spacial score (nSPS) is 10.5. The van der Waals surface area contributed by atoms with Crippen LogP contribution in [0.1, 0.15) is 43.0 Å². The Morgan fingerprint density at radius 2 is 0.969 bits per heavy atom. The summed E-state index contributed by atoms with van der Waals surface area (Å²) in [5.74, 6) is 2.50. The molecule has 0 aromatic heterocycles. The van der Waals surface area contributed by atoms with Crippen molar-refractivity contribution in [1.82, 2.24) is 0 Å². The standard InChI is InChI=1S/C20H26O4S8/c1-4-22-18(26)30-10-14-8-16(12-32-20(28)24-6-3)15(11-31-19(27)23-5-2)7-13(14)9-29-17(21)25/h7-8H,4-6,9-12H2,1-3H3,(H,21,25). The van der Waals surface area contributed by atoms with Crippen LogP contribution in [0.15, 0.2) is 12.1 Å². The predicted octanol–water partition coefficient (Wildman–Crippen LogP) is 7.63. The second-order valence-corrected chi connectivity index (χ2v) is 12.2. The maximum Gasteiger partial charge on any atom is 0.243 e. The molecule has 1 rings (SSSR count). The van der Waals surface area contributed by atoms with Gasteiger partial charge in [0.25, 0.3) is 0 Å². The average Bonchev–Trinajstić information content (AvgIpc) is 2.74. The van der Waals surface area contributed by atoms with Gasteiger partial charge in [0.2, 0.25) is 17.6 Å². The van der Waals surface area contributed by atoms with Gasteiger partial charge >= 0.3 is 0 Å². The topological polar surface area (TPSA) is 44.8 Å². The van der Waals surface area contributed by atoms with Gasteiger partial charge in [0.1, 0.15) is 0 Å². The molecule has 0 saturated carbocycles. The van der Waals surface area contributed by atoms with E-state index in [9.17, 15) is 4.79 Å². The van der Waals surface area contributed by atoms with Crippen LogP contribution >= 0.6 is 96.3 Å². The second kappa shape index (κ2) is 17.7. The molecular formula is C20H26O4S8. The monoisotopic (exact) mass is 586 g/mol. The van der Waals surface area contributed by atoms with Crippen LogP contribution in [-0.4, -0.2) is 37.4 Å². The van der Waals surface area contributed by atoms with Crippen molar-refractivity contribution in [2.24, 2.45) is 0 Å². The van der Waals surface area contributed by atoms with E-state index >= 15 is 0 Å². The number of rotatable bonds is 11. The molecule has 12 heteroatoms. The summed E-state index contributed by atoms with van der Waals surface area (Å²) in [6.07, 6.45) is 0. The molecule has 0 atom stereocenters. The third kappa shape index (κ3) is 12.7. The Balaban J connectivity index is 3.20. The Morgan fingerprint density at radius 3 is 1.22 bits per heavy atom. The van der Waals surface area contributed by atoms with Crippen LogP contribution in [0.25, 0.3) is 0 Å². The Kier molecular flexibility index (Phi) is 16.8. The van der Waals surface area contributed by atoms with Crippen molar-refractivity contribution in [1.29, 1.82) is 0 Å². The molecule has 0 aliphatic rings. The molecule has 4 nitrogen and oxygen atoms in total. The zero-order valence-electron chi connectivity index (χ0n) is 18.0. The molecule has 0 spiro atoms. The molecule has 0 bridgehead atoms. The third-order valence-corrected chi connectivity index (χ3v) is 8.63. The van der Waals surface area contributed by atoms with E-state index < -0.39 is 0 Å². The van der Waals surface area contributed by atoms with E-state index in [0.29, 0.717) is 56.0 Å². The minimum Gasteiger partial charge on any atom is -0.479 e. The molecule has 0 fully saturated rings. The van der Waals surface area contributed by atoms with Gasteiger partial charge in [0.15, 0.2) is 0 Å². The van der Waals surface area contributed by atoms with Gasteiger partial charge in [0.05, 0.1) is 19.8 Å². The van der Waals surface area contributed by atoms with Crippen LogP contribution in [0.4, 0.5) is 4.79 Å². The lowest BCUT2D eigenvalue weighted by Crippen LogP contribution is -2.04. The van der Waals surface area contributed by atoms with Crippen LogP contribution in [0.5, 0.6) is 0 Å². The lowest BCUT2D eigenvalue weighted by Gasteiger charge is -2.17. The molecular weight excluding hydrogens is 561 g/mol. The van der Waals surface area contributed by atoms with E-state index in [1.54, 1.807) is 0 Å². The van der Waals surface area contributed by atoms with Crippen LogP contribution in [0, 0.1) is 0 Å². The summed E-state index contributed by atoms with van der Waals surface area (Å²) in [4.78, 5) is 11.5. The Morgan fingerprint density at radius 1 is 0.688 bits per heavy atom. The highest BCUT2D eigenvalue weighted by atomic mass is 32.2. The molecule has 0 N–H and O–H groups in total. The van der Waals surface area contributed by atoms with Gasteiger partial charge in [0, 0.05) is 23.0 Å². The quantitative estimate of drug-likeness (QED) is 0.206. The first-order chi connectivity index (χ1) is 15.3. The molecule has 1 aromatic rings. The van der Waals surface area contributed by atoms with Crippen molar-refractivity contribution in [3.63, 3.8) is 0 Å². The fraction of sp³-hybridized carbons (Fsp3) is 0.500. The van der Waals surface area contributed by atoms with E-state index in [1.165, 1.54) is 35.3 Å². The van der Waals surface area contributed by atoms with Gasteiger partial charge < -0.3 is 14.2 Å². The molecule has 178 valence electrons. The molecule has 0 unspecified atom stereocenters. The van der Waals surface area contributed by atoms with Crippen LogP contribution in [-0.2, 0) is 37.2 Å². The minimum absolute atomic E-state index is 0.219. The van der Waals surface area contributed by atoms with E-state index in [1.807, 2.05) is 20.8 Å². The molecule has 0 aliphatic carbocycles. The molecule has 0 radical (unpaired) electrons. The van der Waals surface area contributed by atoms with Crippen molar-refractivity contribution < 1.29 is 19.0 Å². The summed E-state index contributed by atoms with van der Waals surface area (Å²) < 4.78 is 17.6. The Bertz CT molecular complexity index is 800.